The molecule has 1 amide bonds. The van der Waals surface area contributed by atoms with Gasteiger partial charge in [0.25, 0.3) is 5.91 Å². The van der Waals surface area contributed by atoms with E-state index in [0.717, 1.165) is 5.56 Å². The van der Waals surface area contributed by atoms with Crippen molar-refractivity contribution in [1.29, 1.82) is 0 Å². The summed E-state index contributed by atoms with van der Waals surface area (Å²) in [7, 11) is 0. The third kappa shape index (κ3) is 3.74. The molecule has 3 aromatic rings. The van der Waals surface area contributed by atoms with Crippen molar-refractivity contribution in [3.63, 3.8) is 0 Å². The molecule has 0 aliphatic heterocycles. The summed E-state index contributed by atoms with van der Waals surface area (Å²) in [4.78, 5) is 18.7. The van der Waals surface area contributed by atoms with E-state index >= 15 is 0 Å². The maximum atomic E-state index is 13.1. The number of carbonyl (C=O) groups is 1. The Morgan fingerprint density at radius 3 is 2.44 bits per heavy atom. The highest BCUT2D eigenvalue weighted by Crippen LogP contribution is 2.13. The average Bonchev–Trinajstić information content (AvgIpc) is 3.02. The van der Waals surface area contributed by atoms with E-state index in [1.54, 1.807) is 28.6 Å². The summed E-state index contributed by atoms with van der Waals surface area (Å²) < 4.78 is 14.6. The lowest BCUT2D eigenvalue weighted by Gasteiger charge is -2.19. The van der Waals surface area contributed by atoms with Crippen LogP contribution in [-0.2, 0) is 6.54 Å². The van der Waals surface area contributed by atoms with Gasteiger partial charge in [0.05, 0.1) is 5.69 Å². The lowest BCUT2D eigenvalue weighted by atomic mass is 10.2. The van der Waals surface area contributed by atoms with E-state index in [1.807, 2.05) is 37.3 Å². The first-order valence-corrected chi connectivity index (χ1v) is 8.11. The number of hydrogen-bond acceptors (Lipinski definition) is 3. The van der Waals surface area contributed by atoms with Crippen molar-refractivity contribution in [3.05, 3.63) is 77.6 Å². The Bertz CT molecular complexity index is 859. The van der Waals surface area contributed by atoms with E-state index < -0.39 is 0 Å². The summed E-state index contributed by atoms with van der Waals surface area (Å²) in [5.74, 6) is 0.165. The second kappa shape index (κ2) is 7.25. The van der Waals surface area contributed by atoms with Crippen LogP contribution in [0.3, 0.4) is 0 Å². The summed E-state index contributed by atoms with van der Waals surface area (Å²) in [6, 6.07) is 15.7. The zero-order chi connectivity index (χ0) is 17.8. The fourth-order valence-corrected chi connectivity index (χ4v) is 2.58. The van der Waals surface area contributed by atoms with E-state index in [9.17, 15) is 9.18 Å². The molecule has 0 N–H and O–H groups in total. The molecule has 0 saturated carbocycles. The smallest absolute Gasteiger partial charge is 0.293 e. The lowest BCUT2D eigenvalue weighted by molar-refractivity contribution is 0.0740. The van der Waals surface area contributed by atoms with Gasteiger partial charge in [-0.15, -0.1) is 5.10 Å². The summed E-state index contributed by atoms with van der Waals surface area (Å²) >= 11 is 0. The van der Waals surface area contributed by atoms with Crippen molar-refractivity contribution in [2.45, 2.75) is 20.4 Å². The second-order valence-electron chi connectivity index (χ2n) is 5.68. The van der Waals surface area contributed by atoms with Gasteiger partial charge in [0.15, 0.2) is 0 Å². The molecule has 1 aromatic heterocycles. The summed E-state index contributed by atoms with van der Waals surface area (Å²) in [5.41, 5.74) is 1.71. The van der Waals surface area contributed by atoms with Crippen LogP contribution >= 0.6 is 0 Å². The van der Waals surface area contributed by atoms with Crippen LogP contribution in [0.25, 0.3) is 5.69 Å². The second-order valence-corrected chi connectivity index (χ2v) is 5.68. The number of benzene rings is 2. The van der Waals surface area contributed by atoms with Crippen LogP contribution in [0.4, 0.5) is 4.39 Å². The first kappa shape index (κ1) is 16.8. The van der Waals surface area contributed by atoms with Gasteiger partial charge in [-0.2, -0.15) is 0 Å². The largest absolute Gasteiger partial charge is 0.332 e. The van der Waals surface area contributed by atoms with E-state index in [1.165, 1.54) is 12.1 Å². The molecule has 2 aromatic carbocycles. The molecule has 0 atom stereocenters. The van der Waals surface area contributed by atoms with Crippen LogP contribution < -0.4 is 0 Å². The molecule has 0 saturated heterocycles. The van der Waals surface area contributed by atoms with Gasteiger partial charge >= 0.3 is 0 Å². The van der Waals surface area contributed by atoms with E-state index in [2.05, 4.69) is 10.1 Å². The number of aryl methyl sites for hydroxylation is 1. The highest BCUT2D eigenvalue weighted by molar-refractivity contribution is 5.90. The molecule has 3 rings (SSSR count). The van der Waals surface area contributed by atoms with Gasteiger partial charge in [0, 0.05) is 13.1 Å². The molecule has 1 heterocycles. The Labute approximate surface area is 145 Å². The zero-order valence-corrected chi connectivity index (χ0v) is 14.2. The zero-order valence-electron chi connectivity index (χ0n) is 14.2. The van der Waals surface area contributed by atoms with Crippen molar-refractivity contribution in [3.8, 4) is 5.69 Å². The predicted octanol–water partition coefficient (Wildman–Crippen LogP) is 3.38. The van der Waals surface area contributed by atoms with Crippen molar-refractivity contribution >= 4 is 5.91 Å². The number of hydrogen-bond donors (Lipinski definition) is 0. The molecule has 0 aliphatic rings. The molecule has 25 heavy (non-hydrogen) atoms. The van der Waals surface area contributed by atoms with Gasteiger partial charge < -0.3 is 4.90 Å². The van der Waals surface area contributed by atoms with Crippen LogP contribution in [-0.4, -0.2) is 32.1 Å². The number of halogens is 1. The minimum Gasteiger partial charge on any atom is -0.332 e. The molecule has 0 aliphatic carbocycles. The van der Waals surface area contributed by atoms with Crippen molar-refractivity contribution in [2.75, 3.05) is 6.54 Å². The van der Waals surface area contributed by atoms with Crippen LogP contribution in [0.5, 0.6) is 0 Å². The lowest BCUT2D eigenvalue weighted by Crippen LogP contribution is -2.31. The number of aromatic nitrogens is 3. The third-order valence-corrected chi connectivity index (χ3v) is 3.92. The molecule has 0 spiro atoms. The van der Waals surface area contributed by atoms with E-state index in [0.29, 0.717) is 24.6 Å². The van der Waals surface area contributed by atoms with Gasteiger partial charge in [-0.25, -0.2) is 14.1 Å². The Hall–Kier alpha value is -3.02. The number of rotatable bonds is 5. The minimum atomic E-state index is -0.321. The standard InChI is InChI=1S/C19H19FN4O/c1-3-23(13-15-7-5-4-6-8-15)19(25)18-21-14(2)24(22-18)17-11-9-16(20)10-12-17/h4-12H,3,13H2,1-2H3. The predicted molar refractivity (Wildman–Crippen MR) is 92.9 cm³/mol. The third-order valence-electron chi connectivity index (χ3n) is 3.92. The number of carbonyl (C=O) groups excluding carboxylic acids is 1. The molecule has 0 unspecified atom stereocenters. The normalized spacial score (nSPS) is 10.7. The molecular formula is C19H19FN4O. The maximum Gasteiger partial charge on any atom is 0.293 e. The van der Waals surface area contributed by atoms with Crippen molar-refractivity contribution < 1.29 is 9.18 Å². The van der Waals surface area contributed by atoms with Gasteiger partial charge in [-0.3, -0.25) is 4.79 Å². The topological polar surface area (TPSA) is 51.0 Å². The molecule has 128 valence electrons. The highest BCUT2D eigenvalue weighted by Gasteiger charge is 2.21. The van der Waals surface area contributed by atoms with Gasteiger partial charge in [0.1, 0.15) is 11.6 Å². The van der Waals surface area contributed by atoms with Crippen molar-refractivity contribution in [2.24, 2.45) is 0 Å². The van der Waals surface area contributed by atoms with E-state index in [-0.39, 0.29) is 17.5 Å². The fraction of sp³-hybridized carbons (Fsp3) is 0.211. The molecule has 0 radical (unpaired) electrons. The molecule has 5 nitrogen and oxygen atoms in total. The molecular weight excluding hydrogens is 319 g/mol. The Morgan fingerprint density at radius 2 is 1.80 bits per heavy atom. The van der Waals surface area contributed by atoms with Gasteiger partial charge in [-0.05, 0) is 43.7 Å². The van der Waals surface area contributed by atoms with Gasteiger partial charge in [0.2, 0.25) is 5.82 Å². The van der Waals surface area contributed by atoms with Crippen LogP contribution in [0, 0.1) is 12.7 Å². The van der Waals surface area contributed by atoms with Gasteiger partial charge in [-0.1, -0.05) is 30.3 Å². The number of nitrogens with zero attached hydrogens (tertiary/aromatic N) is 4. The molecule has 0 fully saturated rings. The Balaban J connectivity index is 1.84. The average molecular weight is 338 g/mol. The minimum absolute atomic E-state index is 0.139. The Morgan fingerprint density at radius 1 is 1.12 bits per heavy atom. The maximum absolute atomic E-state index is 13.1. The van der Waals surface area contributed by atoms with Crippen LogP contribution in [0.2, 0.25) is 0 Å². The Kier molecular flexibility index (Phi) is 4.88. The highest BCUT2D eigenvalue weighted by atomic mass is 19.1. The molecule has 0 bridgehead atoms. The summed E-state index contributed by atoms with van der Waals surface area (Å²) in [6.07, 6.45) is 0. The quantitative estimate of drug-likeness (QED) is 0.717. The first-order valence-electron chi connectivity index (χ1n) is 8.11. The number of amides is 1. The SMILES string of the molecule is CCN(Cc1ccccc1)C(=O)c1nc(C)n(-c2ccc(F)cc2)n1. The molecule has 6 heteroatoms. The van der Waals surface area contributed by atoms with Crippen LogP contribution in [0.1, 0.15) is 28.9 Å². The monoisotopic (exact) mass is 338 g/mol. The van der Waals surface area contributed by atoms with E-state index in [4.69, 9.17) is 0 Å². The van der Waals surface area contributed by atoms with Crippen LogP contribution in [0.15, 0.2) is 54.6 Å². The summed E-state index contributed by atoms with van der Waals surface area (Å²) in [5, 5.41) is 4.31. The first-order chi connectivity index (χ1) is 12.1. The fourth-order valence-electron chi connectivity index (χ4n) is 2.58. The summed E-state index contributed by atoms with van der Waals surface area (Å²) in [6.45, 7) is 4.74. The van der Waals surface area contributed by atoms with Crippen molar-refractivity contribution in [1.82, 2.24) is 19.7 Å².